The number of amides is 1. The minimum absolute atomic E-state index is 0.122. The third-order valence-electron chi connectivity index (χ3n) is 2.35. The number of nitrogens with one attached hydrogen (secondary N) is 2. The maximum atomic E-state index is 11.7. The van der Waals surface area contributed by atoms with Crippen LogP contribution in [-0.4, -0.2) is 47.4 Å². The lowest BCUT2D eigenvalue weighted by molar-refractivity contribution is 0.0126. The number of aromatic amines is 1. The molecule has 1 amide bonds. The average molecular weight is 210 g/mol. The van der Waals surface area contributed by atoms with Gasteiger partial charge in [0, 0.05) is 18.8 Å². The lowest BCUT2D eigenvalue weighted by atomic mass is 10.2. The third kappa shape index (κ3) is 2.34. The van der Waals surface area contributed by atoms with Crippen molar-refractivity contribution in [3.8, 4) is 0 Å². The molecule has 0 aliphatic carbocycles. The Balaban J connectivity index is 1.94. The van der Waals surface area contributed by atoms with Crippen molar-refractivity contribution >= 4 is 5.91 Å². The van der Waals surface area contributed by atoms with Crippen LogP contribution in [0.5, 0.6) is 0 Å². The van der Waals surface area contributed by atoms with Crippen molar-refractivity contribution in [2.75, 3.05) is 26.3 Å². The van der Waals surface area contributed by atoms with E-state index in [9.17, 15) is 4.79 Å². The van der Waals surface area contributed by atoms with Gasteiger partial charge in [-0.05, 0) is 6.92 Å². The maximum Gasteiger partial charge on any atom is 0.269 e. The number of hydrazine groups is 1. The highest BCUT2D eigenvalue weighted by molar-refractivity contribution is 5.94. The van der Waals surface area contributed by atoms with Gasteiger partial charge in [-0.1, -0.05) is 0 Å². The number of carbonyl (C=O) groups is 1. The van der Waals surface area contributed by atoms with Crippen LogP contribution >= 0.6 is 0 Å². The minimum Gasteiger partial charge on any atom is -0.379 e. The van der Waals surface area contributed by atoms with E-state index >= 15 is 0 Å². The van der Waals surface area contributed by atoms with Gasteiger partial charge in [-0.25, -0.2) is 5.01 Å². The summed E-state index contributed by atoms with van der Waals surface area (Å²) in [7, 11) is 0. The van der Waals surface area contributed by atoms with E-state index in [2.05, 4.69) is 15.6 Å². The number of ether oxygens (including phenoxy) is 1. The fourth-order valence-electron chi connectivity index (χ4n) is 1.46. The van der Waals surface area contributed by atoms with Crippen LogP contribution in [0.1, 0.15) is 16.1 Å². The highest BCUT2D eigenvalue weighted by atomic mass is 16.5. The number of H-pyrrole nitrogens is 1. The largest absolute Gasteiger partial charge is 0.379 e. The van der Waals surface area contributed by atoms with Crippen LogP contribution in [0.2, 0.25) is 0 Å². The number of morpholine rings is 1. The van der Waals surface area contributed by atoms with Gasteiger partial charge in [-0.3, -0.25) is 15.3 Å². The zero-order chi connectivity index (χ0) is 10.7. The Bertz CT molecular complexity index is 344. The number of rotatable bonds is 2. The number of hydrogen-bond acceptors (Lipinski definition) is 4. The van der Waals surface area contributed by atoms with Gasteiger partial charge in [0.2, 0.25) is 0 Å². The summed E-state index contributed by atoms with van der Waals surface area (Å²) in [5.74, 6) is -0.122. The van der Waals surface area contributed by atoms with Crippen LogP contribution in [0.3, 0.4) is 0 Å². The van der Waals surface area contributed by atoms with E-state index in [1.807, 2.05) is 11.9 Å². The smallest absolute Gasteiger partial charge is 0.269 e. The Morgan fingerprint density at radius 3 is 2.93 bits per heavy atom. The molecular weight excluding hydrogens is 196 g/mol. The Morgan fingerprint density at radius 2 is 2.33 bits per heavy atom. The monoisotopic (exact) mass is 210 g/mol. The lowest BCUT2D eigenvalue weighted by Gasteiger charge is -2.26. The first kappa shape index (κ1) is 10.1. The molecule has 0 spiro atoms. The van der Waals surface area contributed by atoms with Crippen molar-refractivity contribution in [1.82, 2.24) is 20.6 Å². The molecule has 1 aliphatic heterocycles. The van der Waals surface area contributed by atoms with Crippen LogP contribution in [-0.2, 0) is 4.74 Å². The highest BCUT2D eigenvalue weighted by Gasteiger charge is 2.16. The molecule has 2 heterocycles. The summed E-state index contributed by atoms with van der Waals surface area (Å²) in [6, 6.07) is 0. The van der Waals surface area contributed by atoms with Crippen molar-refractivity contribution in [2.45, 2.75) is 6.92 Å². The zero-order valence-corrected chi connectivity index (χ0v) is 8.62. The molecule has 1 fully saturated rings. The average Bonchev–Trinajstić information content (AvgIpc) is 2.66. The molecule has 0 unspecified atom stereocenters. The maximum absolute atomic E-state index is 11.7. The first-order valence-corrected chi connectivity index (χ1v) is 4.91. The molecule has 6 heteroatoms. The van der Waals surface area contributed by atoms with E-state index in [4.69, 9.17) is 4.74 Å². The van der Waals surface area contributed by atoms with Gasteiger partial charge in [0.1, 0.15) is 0 Å². The second-order valence-electron chi connectivity index (χ2n) is 3.45. The summed E-state index contributed by atoms with van der Waals surface area (Å²) < 4.78 is 5.18. The van der Waals surface area contributed by atoms with E-state index in [0.29, 0.717) is 18.8 Å². The zero-order valence-electron chi connectivity index (χ0n) is 8.62. The molecule has 15 heavy (non-hydrogen) atoms. The molecule has 0 aromatic carbocycles. The normalized spacial score (nSPS) is 17.7. The van der Waals surface area contributed by atoms with Gasteiger partial charge in [0.25, 0.3) is 5.91 Å². The van der Waals surface area contributed by atoms with Gasteiger partial charge in [0.05, 0.1) is 25.0 Å². The summed E-state index contributed by atoms with van der Waals surface area (Å²) in [5.41, 5.74) is 4.18. The molecule has 1 aliphatic rings. The predicted octanol–water partition coefficient (Wildman–Crippen LogP) is -0.305. The Morgan fingerprint density at radius 1 is 1.60 bits per heavy atom. The number of nitrogens with zero attached hydrogens (tertiary/aromatic N) is 2. The predicted molar refractivity (Wildman–Crippen MR) is 53.2 cm³/mol. The molecular formula is C9H14N4O2. The number of carbonyl (C=O) groups excluding carboxylic acids is 1. The lowest BCUT2D eigenvalue weighted by Crippen LogP contribution is -2.48. The molecule has 1 aromatic heterocycles. The molecule has 2 rings (SSSR count). The number of aryl methyl sites for hydroxylation is 1. The first-order chi connectivity index (χ1) is 7.27. The molecule has 1 aromatic rings. The summed E-state index contributed by atoms with van der Waals surface area (Å²) in [4.78, 5) is 11.7. The number of aromatic nitrogens is 2. The Hall–Kier alpha value is -1.40. The van der Waals surface area contributed by atoms with Gasteiger partial charge in [0.15, 0.2) is 0 Å². The number of hydrogen-bond donors (Lipinski definition) is 2. The summed E-state index contributed by atoms with van der Waals surface area (Å²) in [6.07, 6.45) is 1.53. The summed E-state index contributed by atoms with van der Waals surface area (Å²) >= 11 is 0. The quantitative estimate of drug-likeness (QED) is 0.702. The molecule has 0 atom stereocenters. The van der Waals surface area contributed by atoms with Gasteiger partial charge in [-0.2, -0.15) is 5.10 Å². The van der Waals surface area contributed by atoms with Gasteiger partial charge >= 0.3 is 0 Å². The minimum atomic E-state index is -0.122. The van der Waals surface area contributed by atoms with Gasteiger partial charge < -0.3 is 4.74 Å². The first-order valence-electron chi connectivity index (χ1n) is 4.91. The fourth-order valence-corrected chi connectivity index (χ4v) is 1.46. The van der Waals surface area contributed by atoms with Crippen LogP contribution in [0.15, 0.2) is 6.20 Å². The molecule has 0 bridgehead atoms. The summed E-state index contributed by atoms with van der Waals surface area (Å²) in [5, 5.41) is 8.40. The van der Waals surface area contributed by atoms with Crippen molar-refractivity contribution in [3.05, 3.63) is 17.5 Å². The second-order valence-corrected chi connectivity index (χ2v) is 3.45. The summed E-state index contributed by atoms with van der Waals surface area (Å²) in [6.45, 7) is 4.59. The van der Waals surface area contributed by atoms with Crippen molar-refractivity contribution in [1.29, 1.82) is 0 Å². The van der Waals surface area contributed by atoms with E-state index in [1.165, 1.54) is 6.20 Å². The molecule has 0 saturated carbocycles. The standard InChI is InChI=1S/C9H14N4O2/c1-7-8(6-10-11-7)9(14)12-13-2-4-15-5-3-13/h6H,2-5H2,1H3,(H,10,11)(H,12,14). The molecule has 0 radical (unpaired) electrons. The van der Waals surface area contributed by atoms with Crippen LogP contribution in [0.25, 0.3) is 0 Å². The van der Waals surface area contributed by atoms with E-state index in [0.717, 1.165) is 18.8 Å². The van der Waals surface area contributed by atoms with Crippen LogP contribution < -0.4 is 5.43 Å². The molecule has 1 saturated heterocycles. The Kier molecular flexibility index (Phi) is 2.98. The molecule has 6 nitrogen and oxygen atoms in total. The highest BCUT2D eigenvalue weighted by Crippen LogP contribution is 2.03. The fraction of sp³-hybridized carbons (Fsp3) is 0.556. The molecule has 2 N–H and O–H groups in total. The van der Waals surface area contributed by atoms with Crippen molar-refractivity contribution in [3.63, 3.8) is 0 Å². The van der Waals surface area contributed by atoms with E-state index in [-0.39, 0.29) is 5.91 Å². The topological polar surface area (TPSA) is 70.2 Å². The van der Waals surface area contributed by atoms with E-state index < -0.39 is 0 Å². The van der Waals surface area contributed by atoms with Gasteiger partial charge in [-0.15, -0.1) is 0 Å². The van der Waals surface area contributed by atoms with Crippen molar-refractivity contribution in [2.24, 2.45) is 0 Å². The SMILES string of the molecule is Cc1[nH]ncc1C(=O)NN1CCOCC1. The van der Waals surface area contributed by atoms with E-state index in [1.54, 1.807) is 0 Å². The molecule has 82 valence electrons. The van der Waals surface area contributed by atoms with Crippen molar-refractivity contribution < 1.29 is 9.53 Å². The third-order valence-corrected chi connectivity index (χ3v) is 2.35. The second kappa shape index (κ2) is 4.41. The van der Waals surface area contributed by atoms with Crippen LogP contribution in [0, 0.1) is 6.92 Å². The Labute approximate surface area is 87.6 Å². The van der Waals surface area contributed by atoms with Crippen LogP contribution in [0.4, 0.5) is 0 Å².